The number of hydrogen-bond acceptors (Lipinski definition) is 5. The van der Waals surface area contributed by atoms with Crippen molar-refractivity contribution in [3.8, 4) is 0 Å². The highest BCUT2D eigenvalue weighted by atomic mass is 15.4. The molecular weight excluding hydrogens is 362 g/mol. The van der Waals surface area contributed by atoms with Gasteiger partial charge in [-0.2, -0.15) is 4.52 Å². The van der Waals surface area contributed by atoms with Crippen LogP contribution in [0.25, 0.3) is 16.7 Å². The first kappa shape index (κ1) is 18.1. The van der Waals surface area contributed by atoms with E-state index in [1.807, 2.05) is 10.6 Å². The number of aromatic nitrogens is 6. The second-order valence-electron chi connectivity index (χ2n) is 8.79. The average molecular weight is 390 g/mol. The number of imidazole rings is 1. The van der Waals surface area contributed by atoms with E-state index in [4.69, 9.17) is 10.1 Å². The van der Waals surface area contributed by atoms with E-state index in [-0.39, 0.29) is 11.5 Å². The first-order chi connectivity index (χ1) is 14.0. The number of nitrogens with zero attached hydrogens (tertiary/aromatic N) is 7. The summed E-state index contributed by atoms with van der Waals surface area (Å²) < 4.78 is 4.24. The Morgan fingerprint density at radius 3 is 2.69 bits per heavy atom. The van der Waals surface area contributed by atoms with Crippen LogP contribution in [0, 0.1) is 0 Å². The van der Waals surface area contributed by atoms with Crippen molar-refractivity contribution in [3.05, 3.63) is 48.0 Å². The largest absolute Gasteiger partial charge is 0.345 e. The molecule has 5 rings (SSSR count). The molecule has 1 aliphatic rings. The molecule has 1 saturated heterocycles. The highest BCUT2D eigenvalue weighted by Crippen LogP contribution is 2.36. The van der Waals surface area contributed by atoms with Gasteiger partial charge in [-0.15, -0.1) is 15.3 Å². The van der Waals surface area contributed by atoms with Gasteiger partial charge in [0.1, 0.15) is 11.6 Å². The minimum atomic E-state index is -0.119. The van der Waals surface area contributed by atoms with Crippen LogP contribution in [0.3, 0.4) is 0 Å². The van der Waals surface area contributed by atoms with Crippen LogP contribution in [0.5, 0.6) is 0 Å². The van der Waals surface area contributed by atoms with Crippen molar-refractivity contribution in [2.75, 3.05) is 11.4 Å². The first-order valence-electron chi connectivity index (χ1n) is 10.4. The molecule has 0 saturated carbocycles. The summed E-state index contributed by atoms with van der Waals surface area (Å²) in [5.74, 6) is 2.97. The molecule has 1 aromatic carbocycles. The fourth-order valence-electron chi connectivity index (χ4n) is 4.39. The highest BCUT2D eigenvalue weighted by Gasteiger charge is 2.32. The van der Waals surface area contributed by atoms with E-state index in [2.05, 4.69) is 77.7 Å². The van der Waals surface area contributed by atoms with Crippen LogP contribution in [0.2, 0.25) is 0 Å². The Morgan fingerprint density at radius 1 is 1.07 bits per heavy atom. The van der Waals surface area contributed by atoms with Crippen molar-refractivity contribution < 1.29 is 0 Å². The van der Waals surface area contributed by atoms with Crippen LogP contribution >= 0.6 is 0 Å². The first-order valence-corrected chi connectivity index (χ1v) is 10.4. The summed E-state index contributed by atoms with van der Waals surface area (Å²) in [7, 11) is 0. The lowest BCUT2D eigenvalue weighted by atomic mass is 9.96. The van der Waals surface area contributed by atoms with E-state index in [1.54, 1.807) is 0 Å². The molecule has 1 unspecified atom stereocenters. The van der Waals surface area contributed by atoms with Crippen molar-refractivity contribution >= 4 is 22.5 Å². The summed E-state index contributed by atoms with van der Waals surface area (Å²) in [6.45, 7) is 10.5. The Bertz CT molecular complexity index is 1180. The monoisotopic (exact) mass is 389 g/mol. The van der Waals surface area contributed by atoms with Gasteiger partial charge in [-0.25, -0.2) is 4.98 Å². The summed E-state index contributed by atoms with van der Waals surface area (Å²) in [6.07, 6.45) is 2.21. The minimum Gasteiger partial charge on any atom is -0.345 e. The molecule has 3 aromatic heterocycles. The standard InChI is InChI=1S/C22H27N7/c1-5-27-16-10-7-6-9-15(16)23-20(27)17-11-8-14-28(17)19-13-12-18-24-25-21(22(2,3)4)29(18)26-19/h6-7,9-10,12-13,17H,5,8,11,14H2,1-4H3. The van der Waals surface area contributed by atoms with Gasteiger partial charge in [-0.05, 0) is 44.0 Å². The third-order valence-corrected chi connectivity index (χ3v) is 5.76. The second kappa shape index (κ2) is 6.54. The van der Waals surface area contributed by atoms with Crippen molar-refractivity contribution in [3.63, 3.8) is 0 Å². The molecule has 1 atom stereocenters. The third-order valence-electron chi connectivity index (χ3n) is 5.76. The maximum Gasteiger partial charge on any atom is 0.178 e. The number of aryl methyl sites for hydroxylation is 1. The predicted octanol–water partition coefficient (Wildman–Crippen LogP) is 4.13. The summed E-state index contributed by atoms with van der Waals surface area (Å²) in [6, 6.07) is 12.7. The predicted molar refractivity (Wildman–Crippen MR) is 114 cm³/mol. The molecule has 0 N–H and O–H groups in total. The van der Waals surface area contributed by atoms with Gasteiger partial charge >= 0.3 is 0 Å². The maximum atomic E-state index is 5.01. The number of benzene rings is 1. The summed E-state index contributed by atoms with van der Waals surface area (Å²) >= 11 is 0. The fraction of sp³-hybridized carbons (Fsp3) is 0.455. The van der Waals surface area contributed by atoms with Crippen molar-refractivity contribution in [1.29, 1.82) is 0 Å². The number of hydrogen-bond donors (Lipinski definition) is 0. The van der Waals surface area contributed by atoms with Crippen molar-refractivity contribution in [2.24, 2.45) is 0 Å². The molecule has 7 nitrogen and oxygen atoms in total. The topological polar surface area (TPSA) is 64.1 Å². The van der Waals surface area contributed by atoms with Crippen LogP contribution < -0.4 is 4.90 Å². The quantitative estimate of drug-likeness (QED) is 0.527. The zero-order chi connectivity index (χ0) is 20.2. The summed E-state index contributed by atoms with van der Waals surface area (Å²) in [4.78, 5) is 7.40. The zero-order valence-corrected chi connectivity index (χ0v) is 17.5. The SMILES string of the molecule is CCn1c(C2CCCN2c2ccc3nnc(C(C)(C)C)n3n2)nc2ccccc21. The molecule has 29 heavy (non-hydrogen) atoms. The van der Waals surface area contributed by atoms with Crippen LogP contribution in [-0.2, 0) is 12.0 Å². The van der Waals surface area contributed by atoms with E-state index in [0.717, 1.165) is 54.6 Å². The van der Waals surface area contributed by atoms with Gasteiger partial charge in [0.25, 0.3) is 0 Å². The van der Waals surface area contributed by atoms with E-state index in [1.165, 1.54) is 5.52 Å². The molecule has 1 fully saturated rings. The Balaban J connectivity index is 1.60. The molecule has 4 aromatic rings. The normalized spacial score (nSPS) is 17.7. The lowest BCUT2D eigenvalue weighted by molar-refractivity contribution is 0.525. The summed E-state index contributed by atoms with van der Waals surface area (Å²) in [5.41, 5.74) is 2.93. The molecule has 0 aliphatic carbocycles. The Morgan fingerprint density at radius 2 is 1.90 bits per heavy atom. The smallest absolute Gasteiger partial charge is 0.178 e. The van der Waals surface area contributed by atoms with Crippen molar-refractivity contribution in [2.45, 2.75) is 58.5 Å². The highest BCUT2D eigenvalue weighted by molar-refractivity contribution is 5.76. The molecule has 0 amide bonds. The zero-order valence-electron chi connectivity index (χ0n) is 17.5. The van der Waals surface area contributed by atoms with E-state index >= 15 is 0 Å². The lowest BCUT2D eigenvalue weighted by Crippen LogP contribution is -2.27. The Kier molecular flexibility index (Phi) is 4.08. The molecule has 0 bridgehead atoms. The molecular formula is C22H27N7. The molecule has 4 heterocycles. The third kappa shape index (κ3) is 2.87. The van der Waals surface area contributed by atoms with Gasteiger partial charge in [0.05, 0.1) is 17.1 Å². The van der Waals surface area contributed by atoms with Gasteiger partial charge in [0.2, 0.25) is 0 Å². The van der Waals surface area contributed by atoms with Gasteiger partial charge in [0.15, 0.2) is 11.5 Å². The Hall–Kier alpha value is -2.96. The van der Waals surface area contributed by atoms with E-state index in [9.17, 15) is 0 Å². The van der Waals surface area contributed by atoms with Crippen molar-refractivity contribution in [1.82, 2.24) is 29.4 Å². The molecule has 7 heteroatoms. The Labute approximate surface area is 170 Å². The lowest BCUT2D eigenvalue weighted by Gasteiger charge is -2.26. The minimum absolute atomic E-state index is 0.119. The van der Waals surface area contributed by atoms with E-state index in [0.29, 0.717) is 0 Å². The number of rotatable bonds is 3. The van der Waals surface area contributed by atoms with Gasteiger partial charge in [-0.1, -0.05) is 32.9 Å². The van der Waals surface area contributed by atoms with Crippen LogP contribution in [0.15, 0.2) is 36.4 Å². The van der Waals surface area contributed by atoms with Crippen LogP contribution in [0.4, 0.5) is 5.82 Å². The van der Waals surface area contributed by atoms with Gasteiger partial charge < -0.3 is 9.47 Å². The number of para-hydroxylation sites is 2. The maximum absolute atomic E-state index is 5.01. The van der Waals surface area contributed by atoms with Gasteiger partial charge in [-0.3, -0.25) is 0 Å². The van der Waals surface area contributed by atoms with E-state index < -0.39 is 0 Å². The molecule has 0 spiro atoms. The second-order valence-corrected chi connectivity index (χ2v) is 8.79. The number of fused-ring (bicyclic) bond motifs is 2. The summed E-state index contributed by atoms with van der Waals surface area (Å²) in [5, 5.41) is 13.6. The molecule has 0 radical (unpaired) electrons. The van der Waals surface area contributed by atoms with Crippen LogP contribution in [0.1, 0.15) is 58.2 Å². The van der Waals surface area contributed by atoms with Crippen LogP contribution in [-0.4, -0.2) is 35.9 Å². The molecule has 1 aliphatic heterocycles. The number of anilines is 1. The average Bonchev–Trinajstić information content (AvgIpc) is 3.41. The van der Waals surface area contributed by atoms with Gasteiger partial charge in [0, 0.05) is 18.5 Å². The molecule has 150 valence electrons. The fourth-order valence-corrected chi connectivity index (χ4v) is 4.39.